The van der Waals surface area contributed by atoms with Gasteiger partial charge in [0, 0.05) is 35.6 Å². The van der Waals surface area contributed by atoms with Gasteiger partial charge in [-0.05, 0) is 49.8 Å². The number of fused-ring (bicyclic) bond motifs is 1. The van der Waals surface area contributed by atoms with Gasteiger partial charge < -0.3 is 10.2 Å². The van der Waals surface area contributed by atoms with E-state index in [0.29, 0.717) is 6.54 Å². The number of carbonyl (C=O) groups excluding carboxylic acids is 1. The lowest BCUT2D eigenvalue weighted by atomic mass is 9.88. The molecule has 128 valence electrons. The lowest BCUT2D eigenvalue weighted by Gasteiger charge is -2.23. The molecular formula is C20H26N2OS. The zero-order valence-corrected chi connectivity index (χ0v) is 15.4. The number of likely N-dealkylation sites (N-methyl/N-ethyl adjacent to an activating group) is 1. The summed E-state index contributed by atoms with van der Waals surface area (Å²) in [5, 5.41) is 5.16. The number of thiophene rings is 1. The predicted octanol–water partition coefficient (Wildman–Crippen LogP) is 4.13. The Hall–Kier alpha value is -1.81. The number of para-hydroxylation sites is 1. The maximum atomic E-state index is 12.5. The molecule has 1 aromatic heterocycles. The van der Waals surface area contributed by atoms with Gasteiger partial charge in [-0.2, -0.15) is 0 Å². The van der Waals surface area contributed by atoms with Crippen LogP contribution in [0.1, 0.15) is 41.1 Å². The minimum atomic E-state index is 0.0890. The lowest BCUT2D eigenvalue weighted by Crippen LogP contribution is -2.35. The van der Waals surface area contributed by atoms with Gasteiger partial charge in [0.15, 0.2) is 0 Å². The van der Waals surface area contributed by atoms with Gasteiger partial charge in [-0.3, -0.25) is 4.79 Å². The number of rotatable bonds is 6. The SMILES string of the molecule is CCN(CCNC(=O)c1csc2c1CC[C@@H](C)C2)c1ccccc1. The van der Waals surface area contributed by atoms with Crippen LogP contribution in [0.3, 0.4) is 0 Å². The Bertz CT molecular complexity index is 680. The molecule has 1 heterocycles. The number of anilines is 1. The lowest BCUT2D eigenvalue weighted by molar-refractivity contribution is 0.0954. The molecule has 0 spiro atoms. The normalized spacial score (nSPS) is 16.5. The van der Waals surface area contributed by atoms with Crippen LogP contribution in [0.2, 0.25) is 0 Å². The van der Waals surface area contributed by atoms with Gasteiger partial charge in [0.25, 0.3) is 5.91 Å². The molecule has 0 unspecified atom stereocenters. The van der Waals surface area contributed by atoms with Gasteiger partial charge in [0.2, 0.25) is 0 Å². The fraction of sp³-hybridized carbons (Fsp3) is 0.450. The Labute approximate surface area is 148 Å². The molecule has 1 aliphatic rings. The van der Waals surface area contributed by atoms with Crippen molar-refractivity contribution in [1.82, 2.24) is 5.32 Å². The number of hydrogen-bond donors (Lipinski definition) is 1. The Kier molecular flexibility index (Phi) is 5.56. The molecule has 0 saturated carbocycles. The third-order valence-electron chi connectivity index (χ3n) is 4.82. The molecule has 4 heteroatoms. The van der Waals surface area contributed by atoms with Crippen LogP contribution in [0.5, 0.6) is 0 Å². The quantitative estimate of drug-likeness (QED) is 0.856. The number of amides is 1. The van der Waals surface area contributed by atoms with Crippen molar-refractivity contribution in [2.45, 2.75) is 33.1 Å². The Morgan fingerprint density at radius 2 is 2.12 bits per heavy atom. The van der Waals surface area contributed by atoms with Crippen LogP contribution >= 0.6 is 11.3 Å². The van der Waals surface area contributed by atoms with E-state index in [9.17, 15) is 4.79 Å². The van der Waals surface area contributed by atoms with Gasteiger partial charge in [0.05, 0.1) is 5.56 Å². The smallest absolute Gasteiger partial charge is 0.252 e. The molecule has 0 saturated heterocycles. The number of hydrogen-bond acceptors (Lipinski definition) is 3. The van der Waals surface area contributed by atoms with E-state index < -0.39 is 0 Å². The van der Waals surface area contributed by atoms with Crippen LogP contribution in [0.4, 0.5) is 5.69 Å². The highest BCUT2D eigenvalue weighted by atomic mass is 32.1. The van der Waals surface area contributed by atoms with E-state index in [0.717, 1.165) is 37.4 Å². The number of nitrogens with zero attached hydrogens (tertiary/aromatic N) is 1. The average molecular weight is 343 g/mol. The van der Waals surface area contributed by atoms with Gasteiger partial charge in [-0.25, -0.2) is 0 Å². The first-order valence-electron chi connectivity index (χ1n) is 8.86. The highest BCUT2D eigenvalue weighted by Crippen LogP contribution is 2.32. The number of nitrogens with one attached hydrogen (secondary N) is 1. The second-order valence-electron chi connectivity index (χ2n) is 6.57. The van der Waals surface area contributed by atoms with Gasteiger partial charge in [-0.15, -0.1) is 11.3 Å². The molecule has 1 aromatic carbocycles. The third kappa shape index (κ3) is 3.81. The van der Waals surface area contributed by atoms with Crippen molar-refractivity contribution in [3.8, 4) is 0 Å². The molecule has 3 nitrogen and oxygen atoms in total. The molecule has 0 radical (unpaired) electrons. The highest BCUT2D eigenvalue weighted by molar-refractivity contribution is 7.10. The van der Waals surface area contributed by atoms with Crippen LogP contribution in [-0.2, 0) is 12.8 Å². The molecule has 0 fully saturated rings. The third-order valence-corrected chi connectivity index (χ3v) is 5.87. The second kappa shape index (κ2) is 7.84. The molecule has 3 rings (SSSR count). The van der Waals surface area contributed by atoms with E-state index in [1.165, 1.54) is 22.5 Å². The summed E-state index contributed by atoms with van der Waals surface area (Å²) < 4.78 is 0. The molecule has 0 bridgehead atoms. The molecule has 2 aromatic rings. The van der Waals surface area contributed by atoms with Crippen molar-refractivity contribution in [1.29, 1.82) is 0 Å². The Balaban J connectivity index is 1.56. The summed E-state index contributed by atoms with van der Waals surface area (Å²) in [6, 6.07) is 10.4. The molecule has 1 amide bonds. The van der Waals surface area contributed by atoms with E-state index in [1.54, 1.807) is 11.3 Å². The minimum Gasteiger partial charge on any atom is -0.370 e. The van der Waals surface area contributed by atoms with Crippen molar-refractivity contribution in [2.24, 2.45) is 5.92 Å². The van der Waals surface area contributed by atoms with Gasteiger partial charge in [0.1, 0.15) is 0 Å². The number of benzene rings is 1. The summed E-state index contributed by atoms with van der Waals surface area (Å²) in [6.45, 7) is 6.88. The first kappa shape index (κ1) is 17.0. The molecule has 0 aliphatic heterocycles. The maximum Gasteiger partial charge on any atom is 0.252 e. The Morgan fingerprint density at radius 3 is 2.88 bits per heavy atom. The zero-order chi connectivity index (χ0) is 16.9. The minimum absolute atomic E-state index is 0.0890. The summed E-state index contributed by atoms with van der Waals surface area (Å²) in [6.07, 6.45) is 3.38. The Morgan fingerprint density at radius 1 is 1.33 bits per heavy atom. The van der Waals surface area contributed by atoms with E-state index in [2.05, 4.69) is 48.3 Å². The molecule has 1 aliphatic carbocycles. The van der Waals surface area contributed by atoms with Gasteiger partial charge in [-0.1, -0.05) is 25.1 Å². The van der Waals surface area contributed by atoms with Crippen molar-refractivity contribution < 1.29 is 4.79 Å². The fourth-order valence-electron chi connectivity index (χ4n) is 3.38. The van der Waals surface area contributed by atoms with Crippen LogP contribution in [-0.4, -0.2) is 25.5 Å². The van der Waals surface area contributed by atoms with Crippen LogP contribution in [0.15, 0.2) is 35.7 Å². The maximum absolute atomic E-state index is 12.5. The highest BCUT2D eigenvalue weighted by Gasteiger charge is 2.23. The average Bonchev–Trinajstić information content (AvgIpc) is 3.02. The summed E-state index contributed by atoms with van der Waals surface area (Å²) in [5.41, 5.74) is 3.41. The summed E-state index contributed by atoms with van der Waals surface area (Å²) in [4.78, 5) is 16.2. The van der Waals surface area contributed by atoms with E-state index in [4.69, 9.17) is 0 Å². The van der Waals surface area contributed by atoms with Crippen molar-refractivity contribution >= 4 is 22.9 Å². The van der Waals surface area contributed by atoms with Crippen molar-refractivity contribution in [3.05, 3.63) is 51.7 Å². The van der Waals surface area contributed by atoms with Crippen LogP contribution < -0.4 is 10.2 Å². The molecule has 1 N–H and O–H groups in total. The monoisotopic (exact) mass is 342 g/mol. The van der Waals surface area contributed by atoms with E-state index in [1.807, 2.05) is 11.4 Å². The predicted molar refractivity (Wildman–Crippen MR) is 102 cm³/mol. The molecule has 1 atom stereocenters. The largest absolute Gasteiger partial charge is 0.370 e. The van der Waals surface area contributed by atoms with Crippen LogP contribution in [0, 0.1) is 5.92 Å². The first-order chi connectivity index (χ1) is 11.7. The van der Waals surface area contributed by atoms with E-state index >= 15 is 0 Å². The van der Waals surface area contributed by atoms with E-state index in [-0.39, 0.29) is 5.91 Å². The first-order valence-corrected chi connectivity index (χ1v) is 9.74. The summed E-state index contributed by atoms with van der Waals surface area (Å²) >= 11 is 1.75. The molecule has 24 heavy (non-hydrogen) atoms. The summed E-state index contributed by atoms with van der Waals surface area (Å²) in [5.74, 6) is 0.835. The van der Waals surface area contributed by atoms with Crippen molar-refractivity contribution in [2.75, 3.05) is 24.5 Å². The van der Waals surface area contributed by atoms with Gasteiger partial charge >= 0.3 is 0 Å². The van der Waals surface area contributed by atoms with Crippen molar-refractivity contribution in [3.63, 3.8) is 0 Å². The zero-order valence-electron chi connectivity index (χ0n) is 14.5. The fourth-order valence-corrected chi connectivity index (χ4v) is 4.62. The summed E-state index contributed by atoms with van der Waals surface area (Å²) in [7, 11) is 0. The standard InChI is InChI=1S/C20H26N2OS/c1-3-22(16-7-5-4-6-8-16)12-11-21-20(23)18-14-24-19-13-15(2)9-10-17(18)19/h4-8,14-15H,3,9-13H2,1-2H3,(H,21,23)/t15-/m1/s1. The topological polar surface area (TPSA) is 32.3 Å². The number of carbonyl (C=O) groups is 1. The molecular weight excluding hydrogens is 316 g/mol. The van der Waals surface area contributed by atoms with Crippen LogP contribution in [0.25, 0.3) is 0 Å². The second-order valence-corrected chi connectivity index (χ2v) is 7.53.